The summed E-state index contributed by atoms with van der Waals surface area (Å²) in [5.41, 5.74) is 4.54. The third-order valence-electron chi connectivity index (χ3n) is 7.74. The molecule has 0 atom stereocenters. The number of halogens is 2. The van der Waals surface area contributed by atoms with Gasteiger partial charge in [-0.05, 0) is 73.2 Å². The van der Waals surface area contributed by atoms with Gasteiger partial charge in [0.15, 0.2) is 0 Å². The minimum Gasteiger partial charge on any atom is -0.478 e. The summed E-state index contributed by atoms with van der Waals surface area (Å²) in [6.45, 7) is 2.59. The van der Waals surface area contributed by atoms with Gasteiger partial charge in [-0.3, -0.25) is 0 Å². The smallest absolute Gasteiger partial charge is 0.335 e. The summed E-state index contributed by atoms with van der Waals surface area (Å²) >= 11 is 0. The molecule has 5 aromatic rings. The molecule has 3 aromatic carbocycles. The van der Waals surface area contributed by atoms with Gasteiger partial charge >= 0.3 is 5.97 Å². The predicted molar refractivity (Wildman–Crippen MR) is 152 cm³/mol. The lowest BCUT2D eigenvalue weighted by atomic mass is 9.85. The molecular weight excluding hydrogens is 524 g/mol. The molecule has 0 radical (unpaired) electrons. The molecule has 0 saturated heterocycles. The van der Waals surface area contributed by atoms with E-state index < -0.39 is 5.97 Å². The van der Waals surface area contributed by atoms with Crippen LogP contribution in [0.15, 0.2) is 72.8 Å². The van der Waals surface area contributed by atoms with Gasteiger partial charge in [-0.2, -0.15) is 0 Å². The molecule has 2 heterocycles. The Morgan fingerprint density at radius 1 is 0.976 bits per heavy atom. The van der Waals surface area contributed by atoms with Crippen molar-refractivity contribution in [3.05, 3.63) is 113 Å². The predicted octanol–water partition coefficient (Wildman–Crippen LogP) is 7.35. The van der Waals surface area contributed by atoms with E-state index in [2.05, 4.69) is 9.55 Å². The number of carboxylic acid groups (broad SMARTS) is 1. The summed E-state index contributed by atoms with van der Waals surface area (Å²) in [5.74, 6) is -0.171. The zero-order valence-electron chi connectivity index (χ0n) is 22.6. The second kappa shape index (κ2) is 11.1. The van der Waals surface area contributed by atoms with Gasteiger partial charge in [0.25, 0.3) is 0 Å². The highest BCUT2D eigenvalue weighted by atomic mass is 19.1. The second-order valence-electron chi connectivity index (χ2n) is 10.7. The molecule has 208 valence electrons. The van der Waals surface area contributed by atoms with Crippen LogP contribution in [0.2, 0.25) is 0 Å². The van der Waals surface area contributed by atoms with Crippen LogP contribution in [0.3, 0.4) is 0 Å². The molecule has 8 heteroatoms. The largest absolute Gasteiger partial charge is 0.478 e. The Morgan fingerprint density at radius 3 is 2.51 bits per heavy atom. The molecule has 0 bridgehead atoms. The number of aromatic carboxylic acids is 1. The monoisotopic (exact) mass is 553 g/mol. The number of pyridine rings is 1. The number of carbonyl (C=O) groups is 1. The van der Waals surface area contributed by atoms with E-state index in [1.807, 2.05) is 19.1 Å². The topological polar surface area (TPSA) is 77.2 Å². The third-order valence-corrected chi connectivity index (χ3v) is 7.74. The van der Waals surface area contributed by atoms with Crippen molar-refractivity contribution in [2.75, 3.05) is 0 Å². The van der Waals surface area contributed by atoms with Gasteiger partial charge in [0, 0.05) is 30.2 Å². The number of hydrogen-bond acceptors (Lipinski definition) is 4. The van der Waals surface area contributed by atoms with Crippen molar-refractivity contribution in [2.24, 2.45) is 5.92 Å². The van der Waals surface area contributed by atoms with E-state index >= 15 is 4.39 Å². The standard InChI is InChI=1S/C33H29F2N3O3/c1-20-8-9-25(26(34)14-20)19-41-32-7-3-6-28(37-32)23-11-10-22(27(35)15-23)17-31-36-29-13-12-24(33(39)40)16-30(29)38(31)18-21-4-2-5-21/h3,6-16,21H,2,4-5,17-19H2,1H3,(H,39,40). The van der Waals surface area contributed by atoms with Crippen LogP contribution in [-0.4, -0.2) is 25.6 Å². The quantitative estimate of drug-likeness (QED) is 0.206. The Hall–Kier alpha value is -4.59. The fraction of sp³-hybridized carbons (Fsp3) is 0.242. The molecule has 41 heavy (non-hydrogen) atoms. The molecular formula is C33H29F2N3O3. The highest BCUT2D eigenvalue weighted by molar-refractivity contribution is 5.92. The fourth-order valence-electron chi connectivity index (χ4n) is 5.18. The zero-order chi connectivity index (χ0) is 28.5. The molecule has 1 saturated carbocycles. The minimum atomic E-state index is -0.989. The molecule has 0 aliphatic heterocycles. The summed E-state index contributed by atoms with van der Waals surface area (Å²) in [5, 5.41) is 9.48. The maximum absolute atomic E-state index is 15.4. The fourth-order valence-corrected chi connectivity index (χ4v) is 5.18. The van der Waals surface area contributed by atoms with E-state index in [0.717, 1.165) is 30.5 Å². The highest BCUT2D eigenvalue weighted by Crippen LogP contribution is 2.31. The van der Waals surface area contributed by atoms with E-state index in [4.69, 9.17) is 9.72 Å². The number of ether oxygens (including phenoxy) is 1. The lowest BCUT2D eigenvalue weighted by Crippen LogP contribution is -2.19. The summed E-state index contributed by atoms with van der Waals surface area (Å²) in [4.78, 5) is 20.8. The van der Waals surface area contributed by atoms with Gasteiger partial charge in [-0.1, -0.05) is 36.8 Å². The second-order valence-corrected chi connectivity index (χ2v) is 10.7. The molecule has 1 aliphatic rings. The number of fused-ring (bicyclic) bond motifs is 1. The average molecular weight is 554 g/mol. The molecule has 0 amide bonds. The van der Waals surface area contributed by atoms with E-state index in [-0.39, 0.29) is 30.2 Å². The number of rotatable bonds is 9. The molecule has 0 unspecified atom stereocenters. The van der Waals surface area contributed by atoms with Gasteiger partial charge in [-0.25, -0.2) is 23.5 Å². The number of hydrogen-bond donors (Lipinski definition) is 1. The number of carboxylic acids is 1. The SMILES string of the molecule is Cc1ccc(COc2cccc(-c3ccc(Cc4nc5ccc(C(=O)O)cc5n4CC4CCC4)c(F)c3)n2)c(F)c1. The Balaban J connectivity index is 1.24. The van der Waals surface area contributed by atoms with Crippen LogP contribution in [0.4, 0.5) is 8.78 Å². The Bertz CT molecular complexity index is 1760. The lowest BCUT2D eigenvalue weighted by Gasteiger charge is -2.26. The van der Waals surface area contributed by atoms with Crippen LogP contribution in [0.5, 0.6) is 5.88 Å². The van der Waals surface area contributed by atoms with Crippen LogP contribution in [0.1, 0.15) is 52.1 Å². The molecule has 6 nitrogen and oxygen atoms in total. The highest BCUT2D eigenvalue weighted by Gasteiger charge is 2.22. The summed E-state index contributed by atoms with van der Waals surface area (Å²) < 4.78 is 37.4. The number of benzene rings is 3. The van der Waals surface area contributed by atoms with Crippen molar-refractivity contribution in [1.29, 1.82) is 0 Å². The Kier molecular flexibility index (Phi) is 7.22. The van der Waals surface area contributed by atoms with Gasteiger partial charge < -0.3 is 14.4 Å². The third kappa shape index (κ3) is 5.68. The minimum absolute atomic E-state index is 0.0334. The summed E-state index contributed by atoms with van der Waals surface area (Å²) in [6, 6.07) is 20.1. The first-order valence-electron chi connectivity index (χ1n) is 13.7. The zero-order valence-corrected chi connectivity index (χ0v) is 22.6. The van der Waals surface area contributed by atoms with E-state index in [1.165, 1.54) is 18.6 Å². The molecule has 1 N–H and O–H groups in total. The lowest BCUT2D eigenvalue weighted by molar-refractivity contribution is 0.0697. The van der Waals surface area contributed by atoms with E-state index in [1.54, 1.807) is 48.5 Å². The normalized spacial score (nSPS) is 13.3. The van der Waals surface area contributed by atoms with Crippen LogP contribution in [-0.2, 0) is 19.6 Å². The van der Waals surface area contributed by atoms with E-state index in [9.17, 15) is 14.3 Å². The maximum Gasteiger partial charge on any atom is 0.335 e. The molecule has 1 fully saturated rings. The van der Waals surface area contributed by atoms with Crippen LogP contribution in [0, 0.1) is 24.5 Å². The van der Waals surface area contributed by atoms with Crippen molar-refractivity contribution in [2.45, 2.75) is 45.8 Å². The van der Waals surface area contributed by atoms with E-state index in [0.29, 0.717) is 45.5 Å². The van der Waals surface area contributed by atoms with Gasteiger partial charge in [0.1, 0.15) is 24.1 Å². The van der Waals surface area contributed by atoms with Gasteiger partial charge in [0.05, 0.1) is 22.3 Å². The number of imidazole rings is 1. The first-order chi connectivity index (χ1) is 19.8. The summed E-state index contributed by atoms with van der Waals surface area (Å²) in [7, 11) is 0. The average Bonchev–Trinajstić information content (AvgIpc) is 3.27. The first kappa shape index (κ1) is 26.6. The number of nitrogens with zero attached hydrogens (tertiary/aromatic N) is 3. The molecule has 1 aliphatic carbocycles. The van der Waals surface area contributed by atoms with Gasteiger partial charge in [0.2, 0.25) is 5.88 Å². The van der Waals surface area contributed by atoms with Gasteiger partial charge in [-0.15, -0.1) is 0 Å². The Morgan fingerprint density at radius 2 is 1.78 bits per heavy atom. The Labute approximate surface area is 236 Å². The molecule has 0 spiro atoms. The summed E-state index contributed by atoms with van der Waals surface area (Å²) in [6.07, 6.45) is 3.70. The molecule has 2 aromatic heterocycles. The van der Waals surface area contributed by atoms with Crippen molar-refractivity contribution >= 4 is 17.0 Å². The van der Waals surface area contributed by atoms with Crippen LogP contribution >= 0.6 is 0 Å². The van der Waals surface area contributed by atoms with Crippen molar-refractivity contribution in [3.8, 4) is 17.1 Å². The first-order valence-corrected chi connectivity index (χ1v) is 13.7. The van der Waals surface area contributed by atoms with Crippen molar-refractivity contribution in [1.82, 2.24) is 14.5 Å². The van der Waals surface area contributed by atoms with Crippen LogP contribution < -0.4 is 4.74 Å². The van der Waals surface area contributed by atoms with Crippen LogP contribution in [0.25, 0.3) is 22.3 Å². The van der Waals surface area contributed by atoms with Crippen molar-refractivity contribution in [3.63, 3.8) is 0 Å². The number of aryl methyl sites for hydroxylation is 1. The van der Waals surface area contributed by atoms with Crippen molar-refractivity contribution < 1.29 is 23.4 Å². The maximum atomic E-state index is 15.4. The number of aromatic nitrogens is 3. The molecule has 6 rings (SSSR count).